The molecule has 2 aromatic rings. The number of hydrogen-bond acceptors (Lipinski definition) is 1. The van der Waals surface area contributed by atoms with E-state index in [9.17, 15) is 5.21 Å². The molecule has 2 aromatic carbocycles. The van der Waals surface area contributed by atoms with E-state index in [0.29, 0.717) is 5.70 Å². The minimum Gasteiger partial charge on any atom is -0.618 e. The fourth-order valence-corrected chi connectivity index (χ4v) is 2.28. The third-order valence-electron chi connectivity index (χ3n) is 3.73. The van der Waals surface area contributed by atoms with Gasteiger partial charge in [-0.3, -0.25) is 0 Å². The summed E-state index contributed by atoms with van der Waals surface area (Å²) < 4.78 is 0.904. The van der Waals surface area contributed by atoms with E-state index in [1.54, 1.807) is 6.21 Å². The molecule has 0 spiro atoms. The summed E-state index contributed by atoms with van der Waals surface area (Å²) in [5.41, 5.74) is 4.27. The van der Waals surface area contributed by atoms with Crippen LogP contribution < -0.4 is 0 Å². The van der Waals surface area contributed by atoms with Gasteiger partial charge in [0.25, 0.3) is 0 Å². The molecule has 0 aliphatic heterocycles. The second-order valence-electron chi connectivity index (χ2n) is 5.57. The van der Waals surface area contributed by atoms with Crippen LogP contribution in [0.25, 0.3) is 0 Å². The van der Waals surface area contributed by atoms with Gasteiger partial charge < -0.3 is 5.21 Å². The highest BCUT2D eigenvalue weighted by Gasteiger charge is 1.98. The first-order valence-corrected chi connectivity index (χ1v) is 7.91. The molecule has 118 valence electrons. The second kappa shape index (κ2) is 8.74. The molecule has 0 amide bonds. The van der Waals surface area contributed by atoms with Crippen molar-refractivity contribution < 1.29 is 4.74 Å². The third kappa shape index (κ3) is 5.59. The lowest BCUT2D eigenvalue weighted by atomic mass is 10.0. The van der Waals surface area contributed by atoms with Crippen LogP contribution in [0.1, 0.15) is 30.0 Å². The Morgan fingerprint density at radius 1 is 1.04 bits per heavy atom. The van der Waals surface area contributed by atoms with Crippen molar-refractivity contribution in [3.63, 3.8) is 0 Å². The average molecular weight is 305 g/mol. The Kier molecular flexibility index (Phi) is 6.37. The van der Waals surface area contributed by atoms with E-state index in [-0.39, 0.29) is 0 Å². The topological polar surface area (TPSA) is 26.1 Å². The second-order valence-corrected chi connectivity index (χ2v) is 5.57. The van der Waals surface area contributed by atoms with Gasteiger partial charge in [0.1, 0.15) is 0 Å². The Balaban J connectivity index is 1.89. The normalized spacial score (nSPS) is 12.8. The van der Waals surface area contributed by atoms with Gasteiger partial charge >= 0.3 is 0 Å². The van der Waals surface area contributed by atoms with Crippen LogP contribution in [0.2, 0.25) is 0 Å². The summed E-state index contributed by atoms with van der Waals surface area (Å²) in [6.45, 7) is 3.95. The maximum absolute atomic E-state index is 12.0. The fraction of sp³-hybridized carbons (Fsp3) is 0.190. The van der Waals surface area contributed by atoms with Gasteiger partial charge in [0.2, 0.25) is 0 Å². The first kappa shape index (κ1) is 16.8. The Bertz CT molecular complexity index is 712. The fourth-order valence-electron chi connectivity index (χ4n) is 2.28. The van der Waals surface area contributed by atoms with E-state index < -0.39 is 0 Å². The Labute approximate surface area is 138 Å². The lowest BCUT2D eigenvalue weighted by Crippen LogP contribution is -2.02. The number of nitrogens with zero attached hydrogens (tertiary/aromatic N) is 1. The predicted molar refractivity (Wildman–Crippen MR) is 97.6 cm³/mol. The monoisotopic (exact) mass is 305 g/mol. The molecule has 0 aliphatic rings. The summed E-state index contributed by atoms with van der Waals surface area (Å²) in [5.74, 6) is 0. The molecule has 0 aliphatic carbocycles. The molecule has 0 heterocycles. The molecule has 0 N–H and O–H groups in total. The SMILES string of the molecule is CC(=C\C=C\CCc1ccccc1C)/[N+]([O-])=C/c1ccccc1. The van der Waals surface area contributed by atoms with Crippen molar-refractivity contribution in [2.45, 2.75) is 26.7 Å². The molecule has 0 fully saturated rings. The lowest BCUT2D eigenvalue weighted by Gasteiger charge is -2.03. The van der Waals surface area contributed by atoms with Crippen LogP contribution >= 0.6 is 0 Å². The maximum Gasteiger partial charge on any atom is 0.189 e. The largest absolute Gasteiger partial charge is 0.618 e. The van der Waals surface area contributed by atoms with Gasteiger partial charge in [-0.1, -0.05) is 54.6 Å². The van der Waals surface area contributed by atoms with E-state index in [2.05, 4.69) is 37.3 Å². The van der Waals surface area contributed by atoms with Crippen molar-refractivity contribution in [2.75, 3.05) is 0 Å². The molecule has 2 rings (SSSR count). The summed E-state index contributed by atoms with van der Waals surface area (Å²) in [6, 6.07) is 18.0. The molecular weight excluding hydrogens is 282 g/mol. The molecule has 0 saturated heterocycles. The zero-order valence-corrected chi connectivity index (χ0v) is 13.8. The number of rotatable bonds is 6. The highest BCUT2D eigenvalue weighted by atomic mass is 16.5. The zero-order valence-electron chi connectivity index (χ0n) is 13.8. The molecule has 2 nitrogen and oxygen atoms in total. The number of benzene rings is 2. The zero-order chi connectivity index (χ0) is 16.5. The maximum atomic E-state index is 12.0. The van der Waals surface area contributed by atoms with E-state index in [1.807, 2.05) is 49.4 Å². The quantitative estimate of drug-likeness (QED) is 0.242. The smallest absolute Gasteiger partial charge is 0.189 e. The van der Waals surface area contributed by atoms with E-state index in [4.69, 9.17) is 0 Å². The summed E-state index contributed by atoms with van der Waals surface area (Å²) >= 11 is 0. The van der Waals surface area contributed by atoms with Gasteiger partial charge in [0.05, 0.1) is 0 Å². The highest BCUT2D eigenvalue weighted by Crippen LogP contribution is 2.09. The number of allylic oxidation sites excluding steroid dienone is 4. The summed E-state index contributed by atoms with van der Waals surface area (Å²) in [5, 5.41) is 12.0. The van der Waals surface area contributed by atoms with E-state index in [1.165, 1.54) is 11.1 Å². The van der Waals surface area contributed by atoms with Crippen LogP contribution in [-0.2, 0) is 6.42 Å². The van der Waals surface area contributed by atoms with Gasteiger partial charge in [-0.15, -0.1) is 0 Å². The van der Waals surface area contributed by atoms with Crippen LogP contribution in [0.5, 0.6) is 0 Å². The molecule has 23 heavy (non-hydrogen) atoms. The van der Waals surface area contributed by atoms with Gasteiger partial charge in [-0.25, -0.2) is 0 Å². The first-order valence-electron chi connectivity index (χ1n) is 7.91. The number of aryl methyl sites for hydroxylation is 2. The van der Waals surface area contributed by atoms with Gasteiger partial charge in [0.15, 0.2) is 11.9 Å². The number of hydrogen-bond donors (Lipinski definition) is 0. The van der Waals surface area contributed by atoms with Crippen LogP contribution in [0, 0.1) is 12.1 Å². The van der Waals surface area contributed by atoms with Crippen molar-refractivity contribution in [3.8, 4) is 0 Å². The summed E-state index contributed by atoms with van der Waals surface area (Å²) in [4.78, 5) is 0. The van der Waals surface area contributed by atoms with Gasteiger partial charge in [-0.05, 0) is 43.0 Å². The molecule has 0 bridgehead atoms. The molecule has 0 unspecified atom stereocenters. The lowest BCUT2D eigenvalue weighted by molar-refractivity contribution is -0.395. The molecule has 0 aromatic heterocycles. The van der Waals surface area contributed by atoms with Crippen molar-refractivity contribution in [1.29, 1.82) is 0 Å². The minimum absolute atomic E-state index is 0.668. The third-order valence-corrected chi connectivity index (χ3v) is 3.73. The van der Waals surface area contributed by atoms with Crippen LogP contribution in [0.15, 0.2) is 78.5 Å². The predicted octanol–water partition coefficient (Wildman–Crippen LogP) is 5.02. The molecule has 0 radical (unpaired) electrons. The molecule has 0 saturated carbocycles. The first-order chi connectivity index (χ1) is 11.2. The highest BCUT2D eigenvalue weighted by molar-refractivity contribution is 5.75. The summed E-state index contributed by atoms with van der Waals surface area (Å²) in [6.07, 6.45) is 9.49. The number of hydroxylamine groups is 1. The average Bonchev–Trinajstić information content (AvgIpc) is 2.57. The molecular formula is C21H23NO. The van der Waals surface area contributed by atoms with Crippen LogP contribution in [0.3, 0.4) is 0 Å². The van der Waals surface area contributed by atoms with Crippen molar-refractivity contribution >= 4 is 6.21 Å². The van der Waals surface area contributed by atoms with Crippen molar-refractivity contribution in [2.24, 2.45) is 0 Å². The Hall–Kier alpha value is -2.61. The van der Waals surface area contributed by atoms with Crippen molar-refractivity contribution in [3.05, 3.63) is 100 Å². The van der Waals surface area contributed by atoms with Crippen LogP contribution in [0.4, 0.5) is 0 Å². The Morgan fingerprint density at radius 3 is 2.48 bits per heavy atom. The minimum atomic E-state index is 0.668. The van der Waals surface area contributed by atoms with E-state index >= 15 is 0 Å². The van der Waals surface area contributed by atoms with Gasteiger partial charge in [-0.2, -0.15) is 4.74 Å². The van der Waals surface area contributed by atoms with Gasteiger partial charge in [0, 0.05) is 18.6 Å². The van der Waals surface area contributed by atoms with Crippen molar-refractivity contribution in [1.82, 2.24) is 0 Å². The molecule has 0 atom stereocenters. The standard InChI is InChI=1S/C21H23NO/c1-18-11-9-10-16-21(18)15-8-3-5-12-19(2)22(23)17-20-13-6-4-7-14-20/h3-7,9-14,16-17H,8,15H2,1-2H3/b5-3+,19-12+,22-17-. The van der Waals surface area contributed by atoms with Crippen LogP contribution in [-0.4, -0.2) is 11.0 Å². The molecule has 2 heteroatoms. The Morgan fingerprint density at radius 2 is 1.74 bits per heavy atom. The van der Waals surface area contributed by atoms with E-state index in [0.717, 1.165) is 23.1 Å². The summed E-state index contributed by atoms with van der Waals surface area (Å²) in [7, 11) is 0.